The molecule has 0 aliphatic carbocycles. The van der Waals surface area contributed by atoms with Crippen LogP contribution in [0.3, 0.4) is 0 Å². The number of carbonyl (C=O) groups is 1. The van der Waals surface area contributed by atoms with E-state index >= 15 is 0 Å². The summed E-state index contributed by atoms with van der Waals surface area (Å²) in [6, 6.07) is 0. The van der Waals surface area contributed by atoms with Crippen LogP contribution < -0.4 is 5.32 Å². The lowest BCUT2D eigenvalue weighted by Crippen LogP contribution is -2.39. The zero-order valence-corrected chi connectivity index (χ0v) is 12.2. The van der Waals surface area contributed by atoms with E-state index in [4.69, 9.17) is 0 Å². The minimum absolute atomic E-state index is 0.228. The average molecular weight is 252 g/mol. The SMILES string of the molecule is C=CCNCC(=O)N1CCCC(C(C)(C)C)CC1. The lowest BCUT2D eigenvalue weighted by Gasteiger charge is -2.29. The van der Waals surface area contributed by atoms with Crippen molar-refractivity contribution in [2.24, 2.45) is 11.3 Å². The first-order chi connectivity index (χ1) is 8.45. The maximum Gasteiger partial charge on any atom is 0.236 e. The van der Waals surface area contributed by atoms with Crippen molar-refractivity contribution in [3.05, 3.63) is 12.7 Å². The largest absolute Gasteiger partial charge is 0.342 e. The topological polar surface area (TPSA) is 32.3 Å². The second-order valence-electron chi connectivity index (χ2n) is 6.29. The molecule has 0 saturated carbocycles. The van der Waals surface area contributed by atoms with Crippen LogP contribution in [0.25, 0.3) is 0 Å². The molecule has 1 atom stereocenters. The molecular weight excluding hydrogens is 224 g/mol. The summed E-state index contributed by atoms with van der Waals surface area (Å²) in [7, 11) is 0. The molecule has 0 aromatic rings. The summed E-state index contributed by atoms with van der Waals surface area (Å²) < 4.78 is 0. The molecule has 1 aliphatic heterocycles. The van der Waals surface area contributed by atoms with E-state index in [9.17, 15) is 4.79 Å². The van der Waals surface area contributed by atoms with Crippen LogP contribution in [0.5, 0.6) is 0 Å². The molecule has 1 saturated heterocycles. The third-order valence-electron chi connectivity index (χ3n) is 3.87. The summed E-state index contributed by atoms with van der Waals surface area (Å²) in [5.41, 5.74) is 0.361. The van der Waals surface area contributed by atoms with Gasteiger partial charge >= 0.3 is 0 Å². The van der Waals surface area contributed by atoms with Gasteiger partial charge in [-0.2, -0.15) is 0 Å². The van der Waals surface area contributed by atoms with E-state index in [0.29, 0.717) is 18.5 Å². The highest BCUT2D eigenvalue weighted by Gasteiger charge is 2.28. The van der Waals surface area contributed by atoms with Crippen molar-refractivity contribution in [1.29, 1.82) is 0 Å². The van der Waals surface area contributed by atoms with Crippen LogP contribution in [0.1, 0.15) is 40.0 Å². The lowest BCUT2D eigenvalue weighted by molar-refractivity contribution is -0.130. The van der Waals surface area contributed by atoms with E-state index in [1.54, 1.807) is 6.08 Å². The Hall–Kier alpha value is -0.830. The molecular formula is C15H28N2O. The van der Waals surface area contributed by atoms with Gasteiger partial charge in [-0.25, -0.2) is 0 Å². The zero-order valence-electron chi connectivity index (χ0n) is 12.2. The standard InChI is InChI=1S/C15H28N2O/c1-5-9-16-12-14(18)17-10-6-7-13(8-11-17)15(2,3)4/h5,13,16H,1,6-12H2,2-4H3. The minimum Gasteiger partial charge on any atom is -0.342 e. The molecule has 18 heavy (non-hydrogen) atoms. The van der Waals surface area contributed by atoms with Crippen LogP contribution in [-0.2, 0) is 4.79 Å². The van der Waals surface area contributed by atoms with Crippen LogP contribution in [0, 0.1) is 11.3 Å². The fourth-order valence-corrected chi connectivity index (χ4v) is 2.60. The average Bonchev–Trinajstić information content (AvgIpc) is 2.54. The molecule has 0 aromatic heterocycles. The van der Waals surface area contributed by atoms with E-state index < -0.39 is 0 Å². The first-order valence-corrected chi connectivity index (χ1v) is 7.04. The predicted octanol–water partition coefficient (Wildman–Crippen LogP) is 2.44. The number of hydrogen-bond donors (Lipinski definition) is 1. The van der Waals surface area contributed by atoms with Crippen LogP contribution >= 0.6 is 0 Å². The summed E-state index contributed by atoms with van der Waals surface area (Å²) in [6.45, 7) is 13.5. The Morgan fingerprint density at radius 2 is 2.11 bits per heavy atom. The van der Waals surface area contributed by atoms with E-state index in [-0.39, 0.29) is 5.91 Å². The molecule has 0 radical (unpaired) electrons. The fraction of sp³-hybridized carbons (Fsp3) is 0.800. The van der Waals surface area contributed by atoms with Gasteiger partial charge < -0.3 is 10.2 Å². The van der Waals surface area contributed by atoms with Crippen molar-refractivity contribution < 1.29 is 4.79 Å². The smallest absolute Gasteiger partial charge is 0.236 e. The summed E-state index contributed by atoms with van der Waals surface area (Å²) in [4.78, 5) is 14.0. The molecule has 1 aliphatic rings. The Bertz CT molecular complexity index is 281. The number of carbonyl (C=O) groups excluding carboxylic acids is 1. The Morgan fingerprint density at radius 1 is 1.39 bits per heavy atom. The number of nitrogens with zero attached hydrogens (tertiary/aromatic N) is 1. The van der Waals surface area contributed by atoms with Crippen molar-refractivity contribution in [3.63, 3.8) is 0 Å². The predicted molar refractivity (Wildman–Crippen MR) is 76.4 cm³/mol. The van der Waals surface area contributed by atoms with Crippen molar-refractivity contribution in [3.8, 4) is 0 Å². The van der Waals surface area contributed by atoms with Gasteiger partial charge in [0.2, 0.25) is 5.91 Å². The number of likely N-dealkylation sites (tertiary alicyclic amines) is 1. The fourth-order valence-electron chi connectivity index (χ4n) is 2.60. The highest BCUT2D eigenvalue weighted by molar-refractivity contribution is 5.78. The second-order valence-corrected chi connectivity index (χ2v) is 6.29. The molecule has 1 amide bonds. The number of hydrogen-bond acceptors (Lipinski definition) is 2. The van der Waals surface area contributed by atoms with Crippen LogP contribution in [0.2, 0.25) is 0 Å². The molecule has 1 rings (SSSR count). The first-order valence-electron chi connectivity index (χ1n) is 7.04. The minimum atomic E-state index is 0.228. The van der Waals surface area contributed by atoms with Gasteiger partial charge in [0.1, 0.15) is 0 Å². The molecule has 1 fully saturated rings. The Morgan fingerprint density at radius 3 is 2.72 bits per heavy atom. The van der Waals surface area contributed by atoms with Gasteiger partial charge in [-0.15, -0.1) is 6.58 Å². The van der Waals surface area contributed by atoms with Gasteiger partial charge in [-0.3, -0.25) is 4.79 Å². The Labute approximate surface area is 112 Å². The number of amides is 1. The van der Waals surface area contributed by atoms with Crippen molar-refractivity contribution in [1.82, 2.24) is 10.2 Å². The van der Waals surface area contributed by atoms with Crippen LogP contribution in [0.4, 0.5) is 0 Å². The van der Waals surface area contributed by atoms with Gasteiger partial charge in [0, 0.05) is 19.6 Å². The van der Waals surface area contributed by atoms with Crippen LogP contribution in [-0.4, -0.2) is 37.0 Å². The van der Waals surface area contributed by atoms with Gasteiger partial charge in [-0.1, -0.05) is 26.8 Å². The normalized spacial score (nSPS) is 21.5. The highest BCUT2D eigenvalue weighted by Crippen LogP contribution is 2.34. The number of rotatable bonds is 4. The van der Waals surface area contributed by atoms with E-state index in [0.717, 1.165) is 31.8 Å². The third kappa shape index (κ3) is 4.81. The molecule has 0 bridgehead atoms. The van der Waals surface area contributed by atoms with E-state index in [2.05, 4.69) is 32.7 Å². The quantitative estimate of drug-likeness (QED) is 0.615. The summed E-state index contributed by atoms with van der Waals surface area (Å²) in [5.74, 6) is 0.961. The molecule has 1 N–H and O–H groups in total. The summed E-state index contributed by atoms with van der Waals surface area (Å²) >= 11 is 0. The maximum absolute atomic E-state index is 12.0. The van der Waals surface area contributed by atoms with Crippen molar-refractivity contribution >= 4 is 5.91 Å². The number of nitrogens with one attached hydrogen (secondary N) is 1. The first kappa shape index (κ1) is 15.2. The molecule has 0 spiro atoms. The lowest BCUT2D eigenvalue weighted by atomic mass is 9.77. The van der Waals surface area contributed by atoms with Gasteiger partial charge in [0.05, 0.1) is 6.54 Å². The maximum atomic E-state index is 12.0. The highest BCUT2D eigenvalue weighted by atomic mass is 16.2. The summed E-state index contributed by atoms with van der Waals surface area (Å²) in [6.07, 6.45) is 5.30. The third-order valence-corrected chi connectivity index (χ3v) is 3.87. The second kappa shape index (κ2) is 6.93. The van der Waals surface area contributed by atoms with Crippen LogP contribution in [0.15, 0.2) is 12.7 Å². The van der Waals surface area contributed by atoms with E-state index in [1.165, 1.54) is 6.42 Å². The molecule has 3 nitrogen and oxygen atoms in total. The molecule has 3 heteroatoms. The Balaban J connectivity index is 2.41. The molecule has 1 unspecified atom stereocenters. The molecule has 0 aromatic carbocycles. The zero-order chi connectivity index (χ0) is 13.6. The van der Waals surface area contributed by atoms with Crippen molar-refractivity contribution in [2.45, 2.75) is 40.0 Å². The summed E-state index contributed by atoms with van der Waals surface area (Å²) in [5, 5.41) is 3.08. The monoisotopic (exact) mass is 252 g/mol. The van der Waals surface area contributed by atoms with Gasteiger partial charge in [0.25, 0.3) is 0 Å². The Kier molecular flexibility index (Phi) is 5.86. The van der Waals surface area contributed by atoms with E-state index in [1.807, 2.05) is 4.90 Å². The molecule has 1 heterocycles. The molecule has 104 valence electrons. The van der Waals surface area contributed by atoms with Gasteiger partial charge in [-0.05, 0) is 30.6 Å². The van der Waals surface area contributed by atoms with Crippen molar-refractivity contribution in [2.75, 3.05) is 26.2 Å². The van der Waals surface area contributed by atoms with Gasteiger partial charge in [0.15, 0.2) is 0 Å².